The van der Waals surface area contributed by atoms with Gasteiger partial charge in [0.2, 0.25) is 0 Å². The van der Waals surface area contributed by atoms with E-state index in [0.717, 1.165) is 40.9 Å². The molecule has 0 radical (unpaired) electrons. The molecule has 166 valence electrons. The smallest absolute Gasteiger partial charge is 0.323 e. The number of fused-ring (bicyclic) bond motifs is 1. The average molecular weight is 441 g/mol. The van der Waals surface area contributed by atoms with Gasteiger partial charge in [-0.15, -0.1) is 0 Å². The number of carbonyl (C=O) groups excluding carboxylic acids is 1. The quantitative estimate of drug-likeness (QED) is 0.486. The number of nitrogens with zero attached hydrogens (tertiary/aromatic N) is 4. The van der Waals surface area contributed by atoms with Crippen LogP contribution >= 0.6 is 0 Å². The topological polar surface area (TPSA) is 92.3 Å². The molecule has 0 bridgehead atoms. The summed E-state index contributed by atoms with van der Waals surface area (Å²) in [6, 6.07) is 16.9. The molecule has 3 heterocycles. The monoisotopic (exact) mass is 440 g/mol. The molecule has 1 aliphatic heterocycles. The lowest BCUT2D eigenvalue weighted by Crippen LogP contribution is -2.37. The Morgan fingerprint density at radius 3 is 2.33 bits per heavy atom. The average Bonchev–Trinajstić information content (AvgIpc) is 2.85. The van der Waals surface area contributed by atoms with Crippen LogP contribution in [0.5, 0.6) is 0 Å². The molecule has 1 aliphatic rings. The van der Waals surface area contributed by atoms with Crippen molar-refractivity contribution in [2.24, 2.45) is 0 Å². The lowest BCUT2D eigenvalue weighted by Gasteiger charge is -2.29. The van der Waals surface area contributed by atoms with Gasteiger partial charge in [0.05, 0.1) is 18.7 Å². The highest BCUT2D eigenvalue weighted by atomic mass is 16.5. The van der Waals surface area contributed by atoms with Crippen molar-refractivity contribution in [2.45, 2.75) is 6.92 Å². The first-order valence-corrected chi connectivity index (χ1v) is 10.9. The summed E-state index contributed by atoms with van der Waals surface area (Å²) >= 11 is 0. The predicted octanol–water partition coefficient (Wildman–Crippen LogP) is 4.48. The van der Waals surface area contributed by atoms with Crippen molar-refractivity contribution < 1.29 is 9.53 Å². The number of hydrogen-bond donors (Lipinski definition) is 2. The molecular weight excluding hydrogens is 416 g/mol. The zero-order valence-corrected chi connectivity index (χ0v) is 18.3. The number of rotatable bonds is 4. The van der Waals surface area contributed by atoms with Crippen molar-refractivity contribution in [3.8, 4) is 11.4 Å². The van der Waals surface area contributed by atoms with Gasteiger partial charge < -0.3 is 20.3 Å². The van der Waals surface area contributed by atoms with Gasteiger partial charge in [-0.3, -0.25) is 4.98 Å². The Balaban J connectivity index is 1.41. The van der Waals surface area contributed by atoms with Crippen LogP contribution in [0.2, 0.25) is 0 Å². The molecule has 1 saturated heterocycles. The van der Waals surface area contributed by atoms with Gasteiger partial charge in [-0.2, -0.15) is 0 Å². The van der Waals surface area contributed by atoms with E-state index in [-0.39, 0.29) is 6.03 Å². The fourth-order valence-electron chi connectivity index (χ4n) is 3.80. The number of nitrogens with one attached hydrogen (secondary N) is 2. The third-order valence-corrected chi connectivity index (χ3v) is 5.48. The van der Waals surface area contributed by atoms with Crippen LogP contribution in [0.1, 0.15) is 5.56 Å². The maximum absolute atomic E-state index is 12.3. The number of carbonyl (C=O) groups is 1. The fraction of sp³-hybridized carbons (Fsp3) is 0.200. The van der Waals surface area contributed by atoms with Gasteiger partial charge in [-0.1, -0.05) is 6.07 Å². The van der Waals surface area contributed by atoms with E-state index >= 15 is 0 Å². The summed E-state index contributed by atoms with van der Waals surface area (Å²) < 4.78 is 5.52. The lowest BCUT2D eigenvalue weighted by atomic mass is 10.1. The Bertz CT molecular complexity index is 1270. The van der Waals surface area contributed by atoms with Gasteiger partial charge in [0, 0.05) is 47.8 Å². The summed E-state index contributed by atoms with van der Waals surface area (Å²) in [7, 11) is 0. The van der Waals surface area contributed by atoms with Crippen molar-refractivity contribution in [3.05, 3.63) is 72.6 Å². The van der Waals surface area contributed by atoms with Crippen molar-refractivity contribution in [3.63, 3.8) is 0 Å². The molecule has 0 spiro atoms. The van der Waals surface area contributed by atoms with Gasteiger partial charge in [0.15, 0.2) is 5.82 Å². The highest BCUT2D eigenvalue weighted by Crippen LogP contribution is 2.29. The van der Waals surface area contributed by atoms with E-state index in [0.29, 0.717) is 30.4 Å². The molecule has 1 fully saturated rings. The summed E-state index contributed by atoms with van der Waals surface area (Å²) in [6.07, 6.45) is 3.25. The normalized spacial score (nSPS) is 13.7. The van der Waals surface area contributed by atoms with Gasteiger partial charge in [0.1, 0.15) is 5.82 Å². The van der Waals surface area contributed by atoms with Gasteiger partial charge in [-0.05, 0) is 61.0 Å². The van der Waals surface area contributed by atoms with Crippen molar-refractivity contribution in [1.82, 2.24) is 15.0 Å². The first-order chi connectivity index (χ1) is 16.2. The maximum Gasteiger partial charge on any atom is 0.323 e. The number of hydrogen-bond acceptors (Lipinski definition) is 6. The molecule has 2 amide bonds. The minimum absolute atomic E-state index is 0.319. The Labute approximate surface area is 191 Å². The van der Waals surface area contributed by atoms with Crippen molar-refractivity contribution in [2.75, 3.05) is 41.8 Å². The second-order valence-electron chi connectivity index (χ2n) is 7.88. The molecule has 8 heteroatoms. The Kier molecular flexibility index (Phi) is 5.82. The van der Waals surface area contributed by atoms with Crippen molar-refractivity contribution >= 4 is 34.1 Å². The minimum Gasteiger partial charge on any atom is -0.378 e. The largest absolute Gasteiger partial charge is 0.378 e. The van der Waals surface area contributed by atoms with Crippen LogP contribution in [-0.2, 0) is 4.74 Å². The number of ether oxygens (including phenoxy) is 1. The highest BCUT2D eigenvalue weighted by molar-refractivity contribution is 5.99. The number of aryl methyl sites for hydroxylation is 1. The number of pyridine rings is 1. The summed E-state index contributed by atoms with van der Waals surface area (Å²) in [5.41, 5.74) is 4.30. The molecule has 4 aromatic rings. The maximum atomic E-state index is 12.3. The standard InChI is InChI=1S/C25H24N6O2/c1-17-2-7-21-22(16-17)29-23(30-24(21)31-12-14-33-15-13-31)18-3-5-19(6-4-18)27-25(32)28-20-8-10-26-11-9-20/h2-11,16H,12-15H2,1H3,(H2,26,27,28,32). The van der Waals surface area contributed by atoms with Crippen LogP contribution in [0, 0.1) is 6.92 Å². The van der Waals surface area contributed by atoms with Crippen LogP contribution < -0.4 is 15.5 Å². The molecule has 0 saturated carbocycles. The molecule has 5 rings (SSSR count). The van der Waals surface area contributed by atoms with Crippen LogP contribution in [0.4, 0.5) is 22.0 Å². The molecule has 2 aromatic heterocycles. The Hall–Kier alpha value is -4.04. The molecule has 2 N–H and O–H groups in total. The van der Waals surface area contributed by atoms with E-state index in [1.54, 1.807) is 24.5 Å². The highest BCUT2D eigenvalue weighted by Gasteiger charge is 2.18. The molecule has 0 unspecified atom stereocenters. The number of morpholine rings is 1. The number of benzene rings is 2. The first-order valence-electron chi connectivity index (χ1n) is 10.9. The Morgan fingerprint density at radius 1 is 0.909 bits per heavy atom. The van der Waals surface area contributed by atoms with E-state index in [1.807, 2.05) is 24.3 Å². The van der Waals surface area contributed by atoms with E-state index < -0.39 is 0 Å². The summed E-state index contributed by atoms with van der Waals surface area (Å²) in [4.78, 5) is 28.2. The zero-order chi connectivity index (χ0) is 22.6. The van der Waals surface area contributed by atoms with E-state index in [4.69, 9.17) is 14.7 Å². The van der Waals surface area contributed by atoms with E-state index in [1.165, 1.54) is 0 Å². The van der Waals surface area contributed by atoms with Gasteiger partial charge in [-0.25, -0.2) is 14.8 Å². The summed E-state index contributed by atoms with van der Waals surface area (Å²) in [5.74, 6) is 1.58. The number of aromatic nitrogens is 3. The SMILES string of the molecule is Cc1ccc2c(N3CCOCC3)nc(-c3ccc(NC(=O)Nc4ccncc4)cc3)nc2c1. The first kappa shape index (κ1) is 20.8. The van der Waals surface area contributed by atoms with Crippen molar-refractivity contribution in [1.29, 1.82) is 0 Å². The third-order valence-electron chi connectivity index (χ3n) is 5.48. The van der Waals surface area contributed by atoms with Gasteiger partial charge in [0.25, 0.3) is 0 Å². The Morgan fingerprint density at radius 2 is 1.61 bits per heavy atom. The van der Waals surface area contributed by atoms with Crippen LogP contribution in [-0.4, -0.2) is 47.3 Å². The minimum atomic E-state index is -0.319. The molecule has 0 atom stereocenters. The third kappa shape index (κ3) is 4.75. The number of urea groups is 1. The molecule has 33 heavy (non-hydrogen) atoms. The molecule has 8 nitrogen and oxygen atoms in total. The molecule has 0 aliphatic carbocycles. The van der Waals surface area contributed by atoms with Crippen LogP contribution in [0.3, 0.4) is 0 Å². The number of anilines is 3. The molecule has 2 aromatic carbocycles. The van der Waals surface area contributed by atoms with E-state index in [2.05, 4.69) is 45.6 Å². The predicted molar refractivity (Wildman–Crippen MR) is 130 cm³/mol. The number of amides is 2. The fourth-order valence-corrected chi connectivity index (χ4v) is 3.80. The second kappa shape index (κ2) is 9.22. The zero-order valence-electron chi connectivity index (χ0n) is 18.3. The summed E-state index contributed by atoms with van der Waals surface area (Å²) in [6.45, 7) is 5.04. The van der Waals surface area contributed by atoms with Gasteiger partial charge >= 0.3 is 6.03 Å². The second-order valence-corrected chi connectivity index (χ2v) is 7.88. The lowest BCUT2D eigenvalue weighted by molar-refractivity contribution is 0.122. The van der Waals surface area contributed by atoms with Crippen LogP contribution in [0.25, 0.3) is 22.3 Å². The van der Waals surface area contributed by atoms with E-state index in [9.17, 15) is 4.79 Å². The molecular formula is C25H24N6O2. The summed E-state index contributed by atoms with van der Waals surface area (Å²) in [5, 5.41) is 6.65. The van der Waals surface area contributed by atoms with Crippen LogP contribution in [0.15, 0.2) is 67.0 Å².